The number of rotatable bonds is 3. The van der Waals surface area contributed by atoms with E-state index in [-0.39, 0.29) is 17.9 Å². The molecule has 0 spiro atoms. The van der Waals surface area contributed by atoms with E-state index >= 15 is 0 Å². The number of halogens is 3. The monoisotopic (exact) mass is 298 g/mol. The van der Waals surface area contributed by atoms with E-state index in [1.807, 2.05) is 12.3 Å². The molecule has 0 unspecified atom stereocenters. The van der Waals surface area contributed by atoms with Crippen molar-refractivity contribution in [2.75, 3.05) is 5.32 Å². The van der Waals surface area contributed by atoms with Gasteiger partial charge in [-0.05, 0) is 19.1 Å². The van der Waals surface area contributed by atoms with Gasteiger partial charge in [-0.25, -0.2) is 9.97 Å². The van der Waals surface area contributed by atoms with Crippen molar-refractivity contribution in [3.8, 4) is 6.07 Å². The zero-order valence-corrected chi connectivity index (χ0v) is 11.1. The van der Waals surface area contributed by atoms with Crippen LogP contribution in [0.1, 0.15) is 22.0 Å². The first-order valence-corrected chi connectivity index (χ1v) is 6.41. The largest absolute Gasteiger partial charge is 0.433 e. The van der Waals surface area contributed by atoms with Gasteiger partial charge in [0.25, 0.3) is 0 Å². The van der Waals surface area contributed by atoms with Crippen molar-refractivity contribution in [2.45, 2.75) is 19.6 Å². The molecule has 20 heavy (non-hydrogen) atoms. The summed E-state index contributed by atoms with van der Waals surface area (Å²) in [5.74, 6) is -0.0878. The Hall–Kier alpha value is -2.14. The van der Waals surface area contributed by atoms with E-state index in [1.165, 1.54) is 11.3 Å². The lowest BCUT2D eigenvalue weighted by Gasteiger charge is -2.10. The van der Waals surface area contributed by atoms with Crippen LogP contribution in [-0.2, 0) is 12.7 Å². The maximum absolute atomic E-state index is 12.6. The van der Waals surface area contributed by atoms with E-state index in [2.05, 4.69) is 15.3 Å². The van der Waals surface area contributed by atoms with Crippen LogP contribution in [0.2, 0.25) is 0 Å². The molecule has 8 heteroatoms. The summed E-state index contributed by atoms with van der Waals surface area (Å²) in [4.78, 5) is 7.63. The molecule has 104 valence electrons. The van der Waals surface area contributed by atoms with Gasteiger partial charge in [-0.2, -0.15) is 18.4 Å². The maximum atomic E-state index is 12.6. The van der Waals surface area contributed by atoms with Crippen LogP contribution in [0, 0.1) is 18.3 Å². The van der Waals surface area contributed by atoms with Crippen LogP contribution >= 0.6 is 11.3 Å². The van der Waals surface area contributed by atoms with Crippen LogP contribution in [0.4, 0.5) is 19.0 Å². The predicted octanol–water partition coefficient (Wildman–Crippen LogP) is 3.35. The highest BCUT2D eigenvalue weighted by molar-refractivity contribution is 7.09. The van der Waals surface area contributed by atoms with Gasteiger partial charge in [0.05, 0.1) is 12.1 Å². The Balaban J connectivity index is 2.23. The fourth-order valence-electron chi connectivity index (χ4n) is 1.49. The minimum absolute atomic E-state index is 0.0614. The van der Waals surface area contributed by atoms with Gasteiger partial charge in [0, 0.05) is 11.1 Å². The molecular formula is C12H9F3N4S. The Bertz CT molecular complexity index is 657. The van der Waals surface area contributed by atoms with Gasteiger partial charge >= 0.3 is 6.18 Å². The van der Waals surface area contributed by atoms with Crippen molar-refractivity contribution < 1.29 is 13.2 Å². The lowest BCUT2D eigenvalue weighted by Crippen LogP contribution is -2.11. The molecule has 0 radical (unpaired) electrons. The van der Waals surface area contributed by atoms with Gasteiger partial charge < -0.3 is 5.32 Å². The highest BCUT2D eigenvalue weighted by Crippen LogP contribution is 2.29. The summed E-state index contributed by atoms with van der Waals surface area (Å²) in [6.45, 7) is 2.05. The Morgan fingerprint density at radius 3 is 2.65 bits per heavy atom. The second kappa shape index (κ2) is 5.46. The minimum Gasteiger partial charge on any atom is -0.362 e. The van der Waals surface area contributed by atoms with E-state index in [0.29, 0.717) is 5.01 Å². The molecule has 0 aliphatic heterocycles. The van der Waals surface area contributed by atoms with Crippen molar-refractivity contribution in [1.82, 2.24) is 9.97 Å². The quantitative estimate of drug-likeness (QED) is 0.944. The zero-order chi connectivity index (χ0) is 14.8. The van der Waals surface area contributed by atoms with E-state index in [4.69, 9.17) is 5.26 Å². The third-order valence-electron chi connectivity index (χ3n) is 2.38. The normalized spacial score (nSPS) is 11.2. The Kier molecular flexibility index (Phi) is 3.90. The average molecular weight is 298 g/mol. The van der Waals surface area contributed by atoms with E-state index < -0.39 is 11.9 Å². The van der Waals surface area contributed by atoms with Crippen molar-refractivity contribution >= 4 is 17.2 Å². The van der Waals surface area contributed by atoms with E-state index in [9.17, 15) is 13.2 Å². The molecule has 4 nitrogen and oxygen atoms in total. The summed E-state index contributed by atoms with van der Waals surface area (Å²) in [5, 5.41) is 14.2. The van der Waals surface area contributed by atoms with Gasteiger partial charge in [0.2, 0.25) is 0 Å². The van der Waals surface area contributed by atoms with Crippen LogP contribution in [0.25, 0.3) is 0 Å². The Labute approximate surface area is 116 Å². The number of pyridine rings is 1. The third-order valence-corrected chi connectivity index (χ3v) is 3.35. The summed E-state index contributed by atoms with van der Waals surface area (Å²) < 4.78 is 37.8. The SMILES string of the molecule is Cc1csc(CNc2nc(C(F)(F)F)ccc2C#N)n1. The molecule has 0 fully saturated rings. The number of nitrogens with one attached hydrogen (secondary N) is 1. The van der Waals surface area contributed by atoms with Gasteiger partial charge in [-0.3, -0.25) is 0 Å². The summed E-state index contributed by atoms with van der Waals surface area (Å²) in [6.07, 6.45) is -4.54. The molecule has 2 aromatic rings. The molecule has 1 N–H and O–H groups in total. The molecule has 2 aromatic heterocycles. The summed E-state index contributed by atoms with van der Waals surface area (Å²) in [6, 6.07) is 3.70. The van der Waals surface area contributed by atoms with Gasteiger partial charge in [-0.1, -0.05) is 0 Å². The van der Waals surface area contributed by atoms with Gasteiger partial charge in [-0.15, -0.1) is 11.3 Å². The number of hydrogen-bond donors (Lipinski definition) is 1. The number of hydrogen-bond acceptors (Lipinski definition) is 5. The van der Waals surface area contributed by atoms with Crippen molar-refractivity contribution in [3.05, 3.63) is 39.5 Å². The molecule has 0 aliphatic carbocycles. The third kappa shape index (κ3) is 3.24. The number of aryl methyl sites for hydroxylation is 1. The van der Waals surface area contributed by atoms with Crippen LogP contribution < -0.4 is 5.32 Å². The lowest BCUT2D eigenvalue weighted by molar-refractivity contribution is -0.141. The van der Waals surface area contributed by atoms with Gasteiger partial charge in [0.1, 0.15) is 22.6 Å². The molecule has 0 saturated carbocycles. The van der Waals surface area contributed by atoms with Crippen LogP contribution in [0.5, 0.6) is 0 Å². The number of nitriles is 1. The zero-order valence-electron chi connectivity index (χ0n) is 10.3. The molecule has 2 rings (SSSR count). The van der Waals surface area contributed by atoms with Gasteiger partial charge in [0.15, 0.2) is 0 Å². The molecule has 0 aliphatic rings. The van der Waals surface area contributed by atoms with Crippen LogP contribution in [-0.4, -0.2) is 9.97 Å². The summed E-state index contributed by atoms with van der Waals surface area (Å²) in [7, 11) is 0. The first-order valence-electron chi connectivity index (χ1n) is 5.53. The first kappa shape index (κ1) is 14.3. The van der Waals surface area contributed by atoms with Crippen molar-refractivity contribution in [3.63, 3.8) is 0 Å². The number of thiazole rings is 1. The van der Waals surface area contributed by atoms with Crippen LogP contribution in [0.15, 0.2) is 17.5 Å². The van der Waals surface area contributed by atoms with E-state index in [1.54, 1.807) is 6.07 Å². The lowest BCUT2D eigenvalue weighted by atomic mass is 10.2. The number of nitrogens with zero attached hydrogens (tertiary/aromatic N) is 3. The van der Waals surface area contributed by atoms with Crippen molar-refractivity contribution in [1.29, 1.82) is 5.26 Å². The molecule has 0 atom stereocenters. The first-order chi connectivity index (χ1) is 9.40. The summed E-state index contributed by atoms with van der Waals surface area (Å²) in [5.41, 5.74) is -0.134. The predicted molar refractivity (Wildman–Crippen MR) is 68.1 cm³/mol. The smallest absolute Gasteiger partial charge is 0.362 e. The average Bonchev–Trinajstić information content (AvgIpc) is 2.80. The molecule has 0 saturated heterocycles. The molecular weight excluding hydrogens is 289 g/mol. The Morgan fingerprint density at radius 1 is 1.35 bits per heavy atom. The molecule has 0 bridgehead atoms. The second-order valence-corrected chi connectivity index (χ2v) is 4.88. The van der Waals surface area contributed by atoms with E-state index in [0.717, 1.165) is 17.8 Å². The van der Waals surface area contributed by atoms with Crippen LogP contribution in [0.3, 0.4) is 0 Å². The molecule has 0 amide bonds. The number of alkyl halides is 3. The highest BCUT2D eigenvalue weighted by Gasteiger charge is 2.33. The fraction of sp³-hybridized carbons (Fsp3) is 0.250. The Morgan fingerprint density at radius 2 is 2.10 bits per heavy atom. The molecule has 2 heterocycles. The second-order valence-electron chi connectivity index (χ2n) is 3.94. The molecule has 0 aromatic carbocycles. The minimum atomic E-state index is -4.54. The highest BCUT2D eigenvalue weighted by atomic mass is 32.1. The number of anilines is 1. The maximum Gasteiger partial charge on any atom is 0.433 e. The topological polar surface area (TPSA) is 61.6 Å². The standard InChI is InChI=1S/C12H9F3N4S/c1-7-6-20-10(18-7)5-17-11-8(4-16)2-3-9(19-11)12(13,14)15/h2-3,6H,5H2,1H3,(H,17,19). The fourth-order valence-corrected chi connectivity index (χ4v) is 2.20. The van der Waals surface area contributed by atoms with Crippen molar-refractivity contribution in [2.24, 2.45) is 0 Å². The summed E-state index contributed by atoms with van der Waals surface area (Å²) >= 11 is 1.39. The number of aromatic nitrogens is 2.